The predicted octanol–water partition coefficient (Wildman–Crippen LogP) is 8.59. The minimum atomic E-state index is -1.03. The van der Waals surface area contributed by atoms with Crippen molar-refractivity contribution >= 4 is 24.2 Å². The highest BCUT2D eigenvalue weighted by Gasteiger charge is 2.25. The van der Waals surface area contributed by atoms with Crippen LogP contribution >= 0.6 is 0 Å². The van der Waals surface area contributed by atoms with Gasteiger partial charge < -0.3 is 29.5 Å². The van der Waals surface area contributed by atoms with Crippen LogP contribution in [0.3, 0.4) is 0 Å². The molecule has 1 aliphatic heterocycles. The molecule has 0 aliphatic carbocycles. The number of hydrogen-bond donors (Lipinski definition) is 3. The normalized spacial score (nSPS) is 14.4. The summed E-state index contributed by atoms with van der Waals surface area (Å²) in [5.74, 6) is -0.152. The zero-order valence-corrected chi connectivity index (χ0v) is 30.4. The fourth-order valence-corrected chi connectivity index (χ4v) is 6.30. The van der Waals surface area contributed by atoms with E-state index in [9.17, 15) is 24.6 Å². The molecule has 3 aromatic carbocycles. The van der Waals surface area contributed by atoms with Crippen LogP contribution in [0, 0.1) is 0 Å². The Balaban J connectivity index is 1.08. The van der Waals surface area contributed by atoms with Crippen LogP contribution in [0.25, 0.3) is 11.1 Å². The van der Waals surface area contributed by atoms with E-state index in [1.165, 1.54) is 17.0 Å². The number of carbonyl (C=O) groups excluding carboxylic acids is 3. The van der Waals surface area contributed by atoms with Crippen molar-refractivity contribution in [1.82, 2.24) is 9.80 Å². The number of anilines is 1. The summed E-state index contributed by atoms with van der Waals surface area (Å²) in [5.41, 5.74) is 2.62. The lowest BCUT2D eigenvalue weighted by atomic mass is 10.0. The number of unbranched alkanes of at least 4 members (excludes halogenated alkanes) is 6. The number of hydrogen-bond acceptors (Lipinski definition) is 8. The van der Waals surface area contributed by atoms with E-state index in [0.29, 0.717) is 18.4 Å². The van der Waals surface area contributed by atoms with E-state index in [2.05, 4.69) is 10.2 Å². The Kier molecular flexibility index (Phi) is 15.3. The number of likely N-dealkylation sites (tertiary alicyclic amines) is 1. The van der Waals surface area contributed by atoms with E-state index < -0.39 is 23.9 Å². The standard InChI is InChI=1S/C41H55N3O7/c1-41(2,3)51-40(49)44(29-38(47)32-20-21-37(46)33(28-32)30-45)25-15-8-6-4-5-7-14-24-43-26-22-34(23-27-43)50-39(48)42-36-19-13-12-18-35(36)31-16-10-9-11-17-31/h9-13,16-21,28,30,34,38,46-47H,4-8,14-15,22-27,29H2,1-3H3,(H,42,48)/t38-/m0/s1. The number of ether oxygens (including phenoxy) is 2. The van der Waals surface area contributed by atoms with Gasteiger partial charge in [-0.25, -0.2) is 9.59 Å². The summed E-state index contributed by atoms with van der Waals surface area (Å²) in [6.07, 6.45) is 7.58. The number of aldehydes is 1. The number of amides is 2. The molecule has 2 amide bonds. The second-order valence-electron chi connectivity index (χ2n) is 14.3. The van der Waals surface area contributed by atoms with E-state index in [4.69, 9.17) is 9.47 Å². The van der Waals surface area contributed by atoms with Crippen molar-refractivity contribution in [3.8, 4) is 16.9 Å². The number of benzene rings is 3. The minimum Gasteiger partial charge on any atom is -0.507 e. The summed E-state index contributed by atoms with van der Waals surface area (Å²) in [6, 6.07) is 22.1. The highest BCUT2D eigenvalue weighted by molar-refractivity contribution is 5.91. The number of nitrogens with zero attached hydrogens (tertiary/aromatic N) is 2. The molecular formula is C41H55N3O7. The van der Waals surface area contributed by atoms with Crippen molar-refractivity contribution in [3.05, 3.63) is 83.9 Å². The van der Waals surface area contributed by atoms with Crippen molar-refractivity contribution in [3.63, 3.8) is 0 Å². The van der Waals surface area contributed by atoms with Crippen LogP contribution in [-0.4, -0.2) is 82.9 Å². The zero-order chi connectivity index (χ0) is 36.6. The summed E-state index contributed by atoms with van der Waals surface area (Å²) < 4.78 is 11.4. The van der Waals surface area contributed by atoms with Gasteiger partial charge in [0.25, 0.3) is 0 Å². The van der Waals surface area contributed by atoms with Crippen LogP contribution < -0.4 is 5.32 Å². The Morgan fingerprint density at radius 3 is 2.25 bits per heavy atom. The first-order valence-electron chi connectivity index (χ1n) is 18.3. The lowest BCUT2D eigenvalue weighted by molar-refractivity contribution is 0.0140. The van der Waals surface area contributed by atoms with E-state index >= 15 is 0 Å². The van der Waals surface area contributed by atoms with Crippen LogP contribution in [0.1, 0.15) is 101 Å². The zero-order valence-electron chi connectivity index (χ0n) is 30.4. The van der Waals surface area contributed by atoms with Crippen LogP contribution in [-0.2, 0) is 9.47 Å². The second-order valence-corrected chi connectivity index (χ2v) is 14.3. The largest absolute Gasteiger partial charge is 0.507 e. The van der Waals surface area contributed by atoms with E-state index in [0.717, 1.165) is 94.2 Å². The van der Waals surface area contributed by atoms with Gasteiger partial charge in [-0.15, -0.1) is 0 Å². The van der Waals surface area contributed by atoms with Crippen molar-refractivity contribution in [2.75, 3.05) is 38.0 Å². The maximum Gasteiger partial charge on any atom is 0.411 e. The van der Waals surface area contributed by atoms with Gasteiger partial charge in [-0.05, 0) is 82.3 Å². The molecule has 0 aromatic heterocycles. The molecular weight excluding hydrogens is 646 g/mol. The van der Waals surface area contributed by atoms with Crippen LogP contribution in [0.15, 0.2) is 72.8 Å². The first-order valence-corrected chi connectivity index (χ1v) is 18.3. The third-order valence-electron chi connectivity index (χ3n) is 9.07. The quantitative estimate of drug-likeness (QED) is 0.0943. The summed E-state index contributed by atoms with van der Waals surface area (Å²) in [5, 5.41) is 23.6. The van der Waals surface area contributed by atoms with Gasteiger partial charge in [0.15, 0.2) is 6.29 Å². The number of aliphatic hydroxyl groups is 1. The van der Waals surface area contributed by atoms with Crippen LogP contribution in [0.2, 0.25) is 0 Å². The van der Waals surface area contributed by atoms with Crippen molar-refractivity contribution < 1.29 is 34.1 Å². The summed E-state index contributed by atoms with van der Waals surface area (Å²) >= 11 is 0. The van der Waals surface area contributed by atoms with Gasteiger partial charge in [0, 0.05) is 25.2 Å². The number of rotatable bonds is 17. The number of phenols is 1. The fourth-order valence-electron chi connectivity index (χ4n) is 6.30. The molecule has 3 N–H and O–H groups in total. The third kappa shape index (κ3) is 13.3. The van der Waals surface area contributed by atoms with Gasteiger partial charge in [0.05, 0.1) is 23.9 Å². The highest BCUT2D eigenvalue weighted by atomic mass is 16.6. The van der Waals surface area contributed by atoms with Crippen LogP contribution in [0.5, 0.6) is 5.75 Å². The molecule has 1 heterocycles. The van der Waals surface area contributed by atoms with Crippen LogP contribution in [0.4, 0.5) is 15.3 Å². The molecule has 51 heavy (non-hydrogen) atoms. The fraction of sp³-hybridized carbons (Fsp3) is 0.488. The number of carbonyl (C=O) groups is 3. The molecule has 1 atom stereocenters. The molecule has 0 spiro atoms. The Morgan fingerprint density at radius 1 is 0.922 bits per heavy atom. The van der Waals surface area contributed by atoms with Gasteiger partial charge in [-0.3, -0.25) is 10.1 Å². The molecule has 10 nitrogen and oxygen atoms in total. The van der Waals surface area contributed by atoms with Gasteiger partial charge in [-0.1, -0.05) is 86.7 Å². The molecule has 4 rings (SSSR count). The number of aliphatic hydroxyl groups excluding tert-OH is 1. The minimum absolute atomic E-state index is 0.0256. The SMILES string of the molecule is CC(C)(C)OC(=O)N(CCCCCCCCCN1CCC(OC(=O)Nc2ccccc2-c2ccccc2)CC1)C[C@H](O)c1ccc(O)c(C=O)c1. The van der Waals surface area contributed by atoms with Gasteiger partial charge in [-0.2, -0.15) is 0 Å². The van der Waals surface area contributed by atoms with E-state index in [1.54, 1.807) is 6.07 Å². The molecule has 1 saturated heterocycles. The average molecular weight is 702 g/mol. The number of para-hydroxylation sites is 1. The smallest absolute Gasteiger partial charge is 0.411 e. The Labute approximate surface area is 302 Å². The van der Waals surface area contributed by atoms with Crippen molar-refractivity contribution in [2.45, 2.75) is 96.4 Å². The van der Waals surface area contributed by atoms with Gasteiger partial charge in [0.1, 0.15) is 17.5 Å². The van der Waals surface area contributed by atoms with Gasteiger partial charge >= 0.3 is 12.2 Å². The molecule has 0 bridgehead atoms. The molecule has 0 radical (unpaired) electrons. The highest BCUT2D eigenvalue weighted by Crippen LogP contribution is 2.28. The predicted molar refractivity (Wildman–Crippen MR) is 200 cm³/mol. The number of aromatic hydroxyl groups is 1. The number of piperidine rings is 1. The first-order chi connectivity index (χ1) is 24.5. The molecule has 1 aliphatic rings. The Hall–Kier alpha value is -4.41. The summed E-state index contributed by atoms with van der Waals surface area (Å²) in [4.78, 5) is 40.9. The monoisotopic (exact) mass is 701 g/mol. The molecule has 0 saturated carbocycles. The number of phenolic OH excluding ortho intramolecular Hbond substituents is 1. The van der Waals surface area contributed by atoms with Crippen molar-refractivity contribution in [2.24, 2.45) is 0 Å². The molecule has 276 valence electrons. The lowest BCUT2D eigenvalue weighted by Crippen LogP contribution is -2.39. The topological polar surface area (TPSA) is 129 Å². The molecule has 10 heteroatoms. The lowest BCUT2D eigenvalue weighted by Gasteiger charge is -2.31. The molecule has 0 unspecified atom stereocenters. The van der Waals surface area contributed by atoms with Crippen molar-refractivity contribution in [1.29, 1.82) is 0 Å². The second kappa shape index (κ2) is 19.8. The van der Waals surface area contributed by atoms with Gasteiger partial charge in [0.2, 0.25) is 0 Å². The van der Waals surface area contributed by atoms with E-state index in [1.807, 2.05) is 75.4 Å². The average Bonchev–Trinajstić information content (AvgIpc) is 3.11. The first kappa shape index (κ1) is 39.4. The molecule has 3 aromatic rings. The summed E-state index contributed by atoms with van der Waals surface area (Å²) in [6.45, 7) is 8.79. The third-order valence-corrected chi connectivity index (χ3v) is 9.07. The maximum absolute atomic E-state index is 12.9. The maximum atomic E-state index is 12.9. The molecule has 1 fully saturated rings. The van der Waals surface area contributed by atoms with E-state index in [-0.39, 0.29) is 24.0 Å². The summed E-state index contributed by atoms with van der Waals surface area (Å²) in [7, 11) is 0. The Bertz CT molecular complexity index is 1530. The Morgan fingerprint density at radius 2 is 1.57 bits per heavy atom. The number of nitrogens with one attached hydrogen (secondary N) is 1.